The van der Waals surface area contributed by atoms with E-state index in [4.69, 9.17) is 0 Å². The van der Waals surface area contributed by atoms with Crippen LogP contribution in [0.3, 0.4) is 0 Å². The second-order valence-corrected chi connectivity index (χ2v) is 6.87. The van der Waals surface area contributed by atoms with Gasteiger partial charge in [-0.05, 0) is 30.5 Å². The molecule has 1 N–H and O–H groups in total. The highest BCUT2D eigenvalue weighted by molar-refractivity contribution is 5.96. The van der Waals surface area contributed by atoms with Gasteiger partial charge in [0.05, 0.1) is 0 Å². The summed E-state index contributed by atoms with van der Waals surface area (Å²) in [6, 6.07) is 6.09. The zero-order chi connectivity index (χ0) is 19.7. The summed E-state index contributed by atoms with van der Waals surface area (Å²) in [6.07, 6.45) is 1.20. The highest BCUT2D eigenvalue weighted by atomic mass is 16.2. The molecule has 2 aromatic rings. The van der Waals surface area contributed by atoms with Gasteiger partial charge in [-0.25, -0.2) is 4.79 Å². The Kier molecular flexibility index (Phi) is 4.98. The molecule has 3 rings (SSSR count). The number of nitrogens with zero attached hydrogens (tertiary/aromatic N) is 3. The van der Waals surface area contributed by atoms with Crippen molar-refractivity contribution < 1.29 is 9.59 Å². The van der Waals surface area contributed by atoms with Crippen molar-refractivity contribution in [1.82, 2.24) is 19.4 Å². The first-order valence-corrected chi connectivity index (χ1v) is 8.69. The van der Waals surface area contributed by atoms with Gasteiger partial charge in [-0.3, -0.25) is 19.4 Å². The van der Waals surface area contributed by atoms with Crippen molar-refractivity contribution in [3.63, 3.8) is 0 Å². The molecule has 2 heterocycles. The Morgan fingerprint density at radius 1 is 1.11 bits per heavy atom. The molecule has 0 bridgehead atoms. The number of piperazine rings is 1. The number of hydrogen-bond acceptors (Lipinski definition) is 4. The van der Waals surface area contributed by atoms with E-state index in [1.165, 1.54) is 29.3 Å². The lowest BCUT2D eigenvalue weighted by Crippen LogP contribution is -2.52. The molecular formula is C19H22N4O4. The molecule has 0 atom stereocenters. The predicted molar refractivity (Wildman–Crippen MR) is 99.5 cm³/mol. The quantitative estimate of drug-likeness (QED) is 0.833. The molecule has 142 valence electrons. The molecule has 27 heavy (non-hydrogen) atoms. The summed E-state index contributed by atoms with van der Waals surface area (Å²) in [4.78, 5) is 53.6. The van der Waals surface area contributed by atoms with Crippen LogP contribution < -0.4 is 11.2 Å². The van der Waals surface area contributed by atoms with E-state index in [9.17, 15) is 19.2 Å². The van der Waals surface area contributed by atoms with Crippen molar-refractivity contribution in [2.24, 2.45) is 7.05 Å². The first-order chi connectivity index (χ1) is 12.8. The molecule has 1 aliphatic heterocycles. The molecule has 1 fully saturated rings. The maximum Gasteiger partial charge on any atom is 0.328 e. The third kappa shape index (κ3) is 3.84. The van der Waals surface area contributed by atoms with Crippen LogP contribution in [0.2, 0.25) is 0 Å². The van der Waals surface area contributed by atoms with E-state index >= 15 is 0 Å². The van der Waals surface area contributed by atoms with Crippen LogP contribution in [-0.2, 0) is 18.4 Å². The summed E-state index contributed by atoms with van der Waals surface area (Å²) in [6.45, 7) is 5.19. The highest BCUT2D eigenvalue weighted by Crippen LogP contribution is 2.14. The molecule has 0 saturated carbocycles. The molecule has 1 aromatic carbocycles. The predicted octanol–water partition coefficient (Wildman–Crippen LogP) is 0.175. The van der Waals surface area contributed by atoms with Crippen molar-refractivity contribution in [3.05, 3.63) is 67.5 Å². The number of aromatic nitrogens is 2. The minimum Gasteiger partial charge on any atom is -0.335 e. The number of amides is 2. The molecule has 2 amide bonds. The van der Waals surface area contributed by atoms with E-state index < -0.39 is 17.2 Å². The second-order valence-electron chi connectivity index (χ2n) is 6.87. The Morgan fingerprint density at radius 2 is 1.85 bits per heavy atom. The summed E-state index contributed by atoms with van der Waals surface area (Å²) in [5, 5.41) is 0. The van der Waals surface area contributed by atoms with Gasteiger partial charge in [0, 0.05) is 32.9 Å². The van der Waals surface area contributed by atoms with Gasteiger partial charge in [0.25, 0.3) is 11.5 Å². The van der Waals surface area contributed by atoms with Crippen LogP contribution in [0.25, 0.3) is 0 Å². The van der Waals surface area contributed by atoms with Crippen LogP contribution >= 0.6 is 0 Å². The molecule has 0 unspecified atom stereocenters. The largest absolute Gasteiger partial charge is 0.335 e. The van der Waals surface area contributed by atoms with Crippen LogP contribution in [-0.4, -0.2) is 50.8 Å². The minimum atomic E-state index is -0.742. The highest BCUT2D eigenvalue weighted by Gasteiger charge is 2.29. The number of carbonyl (C=O) groups excluding carboxylic acids is 2. The minimum absolute atomic E-state index is 0.0913. The second kappa shape index (κ2) is 7.22. The molecule has 0 spiro atoms. The molecule has 1 aliphatic rings. The Morgan fingerprint density at radius 3 is 2.52 bits per heavy atom. The summed E-state index contributed by atoms with van der Waals surface area (Å²) in [7, 11) is 1.45. The van der Waals surface area contributed by atoms with E-state index in [0.717, 1.165) is 10.1 Å². The lowest BCUT2D eigenvalue weighted by Gasteiger charge is -2.34. The topological polar surface area (TPSA) is 95.5 Å². The summed E-state index contributed by atoms with van der Waals surface area (Å²) in [5.74, 6) is -0.722. The molecule has 0 radical (unpaired) electrons. The molecule has 8 nitrogen and oxygen atoms in total. The van der Waals surface area contributed by atoms with Crippen molar-refractivity contribution in [2.75, 3.05) is 19.6 Å². The van der Waals surface area contributed by atoms with Gasteiger partial charge in [-0.1, -0.05) is 18.2 Å². The van der Waals surface area contributed by atoms with Gasteiger partial charge in [-0.15, -0.1) is 0 Å². The number of aryl methyl sites for hydroxylation is 3. The first kappa shape index (κ1) is 18.6. The van der Waals surface area contributed by atoms with Gasteiger partial charge in [-0.2, -0.15) is 0 Å². The zero-order valence-electron chi connectivity index (χ0n) is 15.6. The molecular weight excluding hydrogens is 348 g/mol. The SMILES string of the molecule is Cc1ccc(CN2CCN(C(=O)c3cn(C)c(=O)[nH]c3=O)CC2=O)cc1C. The Hall–Kier alpha value is -3.16. The summed E-state index contributed by atoms with van der Waals surface area (Å²) < 4.78 is 1.13. The fraction of sp³-hybridized carbons (Fsp3) is 0.368. The molecule has 8 heteroatoms. The van der Waals surface area contributed by atoms with Gasteiger partial charge in [0.2, 0.25) is 5.91 Å². The lowest BCUT2D eigenvalue weighted by atomic mass is 10.1. The normalized spacial score (nSPS) is 14.6. The monoisotopic (exact) mass is 370 g/mol. The first-order valence-electron chi connectivity index (χ1n) is 8.69. The van der Waals surface area contributed by atoms with Crippen molar-refractivity contribution >= 4 is 11.8 Å². The number of benzene rings is 1. The van der Waals surface area contributed by atoms with Gasteiger partial charge < -0.3 is 14.4 Å². The molecule has 1 aromatic heterocycles. The maximum absolute atomic E-state index is 12.6. The van der Waals surface area contributed by atoms with Crippen molar-refractivity contribution in [3.8, 4) is 0 Å². The Bertz CT molecular complexity index is 1020. The van der Waals surface area contributed by atoms with E-state index in [-0.39, 0.29) is 18.0 Å². The third-order valence-corrected chi connectivity index (χ3v) is 4.89. The number of rotatable bonds is 3. The smallest absolute Gasteiger partial charge is 0.328 e. The molecule has 0 aliphatic carbocycles. The van der Waals surface area contributed by atoms with E-state index in [1.807, 2.05) is 26.0 Å². The van der Waals surface area contributed by atoms with Crippen LogP contribution in [0.4, 0.5) is 0 Å². The van der Waals surface area contributed by atoms with Gasteiger partial charge >= 0.3 is 5.69 Å². The van der Waals surface area contributed by atoms with Crippen LogP contribution in [0, 0.1) is 13.8 Å². The third-order valence-electron chi connectivity index (χ3n) is 4.89. The van der Waals surface area contributed by atoms with Gasteiger partial charge in [0.15, 0.2) is 0 Å². The average Bonchev–Trinajstić information content (AvgIpc) is 2.62. The number of hydrogen-bond donors (Lipinski definition) is 1. The van der Waals surface area contributed by atoms with Crippen molar-refractivity contribution in [1.29, 1.82) is 0 Å². The van der Waals surface area contributed by atoms with Crippen LogP contribution in [0.1, 0.15) is 27.0 Å². The van der Waals surface area contributed by atoms with E-state index in [2.05, 4.69) is 11.1 Å². The number of H-pyrrole nitrogens is 1. The van der Waals surface area contributed by atoms with Crippen molar-refractivity contribution in [2.45, 2.75) is 20.4 Å². The Balaban J connectivity index is 1.71. The maximum atomic E-state index is 12.6. The number of aromatic amines is 1. The fourth-order valence-corrected chi connectivity index (χ4v) is 3.06. The molecule has 1 saturated heterocycles. The summed E-state index contributed by atoms with van der Waals surface area (Å²) >= 11 is 0. The standard InChI is InChI=1S/C19H22N4O4/c1-12-4-5-14(8-13(12)2)9-22-6-7-23(11-16(22)24)18(26)15-10-21(3)19(27)20-17(15)25/h4-5,8,10H,6-7,9,11H2,1-3H3,(H,20,25,27). The van der Waals surface area contributed by atoms with E-state index in [1.54, 1.807) is 4.90 Å². The number of carbonyl (C=O) groups is 2. The number of nitrogens with one attached hydrogen (secondary N) is 1. The zero-order valence-corrected chi connectivity index (χ0v) is 15.6. The summed E-state index contributed by atoms with van der Waals surface area (Å²) in [5.41, 5.74) is 1.93. The van der Waals surface area contributed by atoms with Crippen LogP contribution in [0.15, 0.2) is 34.0 Å². The van der Waals surface area contributed by atoms with E-state index in [0.29, 0.717) is 19.6 Å². The van der Waals surface area contributed by atoms with Crippen LogP contribution in [0.5, 0.6) is 0 Å². The fourth-order valence-electron chi connectivity index (χ4n) is 3.06. The Labute approximate surface area is 156 Å². The average molecular weight is 370 g/mol. The lowest BCUT2D eigenvalue weighted by molar-refractivity contribution is -0.135. The van der Waals surface area contributed by atoms with Gasteiger partial charge in [0.1, 0.15) is 12.1 Å².